The normalized spacial score (nSPS) is 12.7. The molecule has 0 atom stereocenters. The number of fused-ring (bicyclic) bond motifs is 2. The van der Waals surface area contributed by atoms with Crippen LogP contribution in [0.3, 0.4) is 0 Å². The average Bonchev–Trinajstić information content (AvgIpc) is 3.13. The summed E-state index contributed by atoms with van der Waals surface area (Å²) in [6, 6.07) is 43.6. The van der Waals surface area contributed by atoms with Crippen molar-refractivity contribution in [2.45, 2.75) is 0 Å². The lowest BCUT2D eigenvalue weighted by molar-refractivity contribution is 1.31. The van der Waals surface area contributed by atoms with Crippen molar-refractivity contribution in [3.8, 4) is 22.3 Å². The first-order valence-electron chi connectivity index (χ1n) is 15.4. The van der Waals surface area contributed by atoms with E-state index >= 15 is 0 Å². The van der Waals surface area contributed by atoms with E-state index in [0.717, 1.165) is 33.5 Å². The van der Waals surface area contributed by atoms with Gasteiger partial charge in [-0.05, 0) is 68.1 Å². The lowest BCUT2D eigenvalue weighted by Crippen LogP contribution is -2.18. The summed E-state index contributed by atoms with van der Waals surface area (Å²) in [6.45, 7) is 0. The first-order valence-corrected chi connectivity index (χ1v) is 15.4. The van der Waals surface area contributed by atoms with Crippen LogP contribution in [-0.2, 0) is 0 Å². The molecular formula is C42H31N5. The molecule has 8 rings (SSSR count). The van der Waals surface area contributed by atoms with Crippen molar-refractivity contribution in [2.75, 3.05) is 5.73 Å². The molecule has 0 saturated heterocycles. The van der Waals surface area contributed by atoms with Gasteiger partial charge in [-0.3, -0.25) is 20.8 Å². The number of nitrogens with one attached hydrogen (secondary N) is 2. The van der Waals surface area contributed by atoms with Gasteiger partial charge in [-0.1, -0.05) is 115 Å². The van der Waals surface area contributed by atoms with Gasteiger partial charge in [-0.25, -0.2) is 0 Å². The highest BCUT2D eigenvalue weighted by Gasteiger charge is 2.21. The zero-order chi connectivity index (χ0) is 32.2. The molecule has 0 radical (unpaired) electrons. The third kappa shape index (κ3) is 5.74. The van der Waals surface area contributed by atoms with Crippen LogP contribution >= 0.6 is 0 Å². The average molecular weight is 606 g/mol. The molecule has 5 heteroatoms. The number of anilines is 1. The van der Waals surface area contributed by atoms with Gasteiger partial charge in [0.05, 0.1) is 11.4 Å². The fraction of sp³-hybridized carbons (Fsp3) is 0. The van der Waals surface area contributed by atoms with E-state index in [0.29, 0.717) is 0 Å². The molecule has 1 aliphatic rings. The van der Waals surface area contributed by atoms with Crippen molar-refractivity contribution in [3.05, 3.63) is 175 Å². The predicted octanol–water partition coefficient (Wildman–Crippen LogP) is 9.91. The SMILES string of the molecule is N=C1C(=N)C(c2cccnc2)=CC=C1c1cccnc1.Nc1cccc(-c2c3ccccc3c(-c3ccccc3)c3ccccc23)c1. The molecule has 5 aromatic carbocycles. The van der Waals surface area contributed by atoms with Crippen LogP contribution in [-0.4, -0.2) is 21.4 Å². The summed E-state index contributed by atoms with van der Waals surface area (Å²) in [4.78, 5) is 8.12. The summed E-state index contributed by atoms with van der Waals surface area (Å²) in [7, 11) is 0. The zero-order valence-electron chi connectivity index (χ0n) is 25.6. The molecule has 1 aliphatic carbocycles. The number of nitrogens with two attached hydrogens (primary N) is 1. The summed E-state index contributed by atoms with van der Waals surface area (Å²) >= 11 is 0. The largest absolute Gasteiger partial charge is 0.399 e. The number of aromatic nitrogens is 2. The maximum absolute atomic E-state index is 8.19. The Morgan fingerprint density at radius 3 is 1.30 bits per heavy atom. The smallest absolute Gasteiger partial charge is 0.0874 e. The lowest BCUT2D eigenvalue weighted by Gasteiger charge is -2.17. The van der Waals surface area contributed by atoms with Gasteiger partial charge in [0, 0.05) is 52.7 Å². The van der Waals surface area contributed by atoms with E-state index in [9.17, 15) is 0 Å². The number of pyridine rings is 2. The second-order valence-electron chi connectivity index (χ2n) is 11.2. The molecule has 4 N–H and O–H groups in total. The first kappa shape index (κ1) is 29.3. The van der Waals surface area contributed by atoms with Crippen LogP contribution in [0.5, 0.6) is 0 Å². The fourth-order valence-corrected chi connectivity index (χ4v) is 6.18. The number of rotatable bonds is 4. The number of allylic oxidation sites excluding steroid dienone is 4. The predicted molar refractivity (Wildman–Crippen MR) is 197 cm³/mol. The molecule has 0 unspecified atom stereocenters. The minimum atomic E-state index is 0.208. The Balaban J connectivity index is 0.000000157. The molecule has 7 aromatic rings. The van der Waals surface area contributed by atoms with Crippen molar-refractivity contribution in [2.24, 2.45) is 0 Å². The van der Waals surface area contributed by atoms with Crippen LogP contribution in [0.25, 0.3) is 54.9 Å². The number of hydrogen-bond acceptors (Lipinski definition) is 5. The van der Waals surface area contributed by atoms with E-state index in [1.807, 2.05) is 48.6 Å². The van der Waals surface area contributed by atoms with Gasteiger partial charge in [0.25, 0.3) is 0 Å². The molecule has 5 nitrogen and oxygen atoms in total. The Morgan fingerprint density at radius 1 is 0.426 bits per heavy atom. The van der Waals surface area contributed by atoms with Crippen LogP contribution in [0.1, 0.15) is 11.1 Å². The number of nitrogens with zero attached hydrogens (tertiary/aromatic N) is 2. The lowest BCUT2D eigenvalue weighted by atomic mass is 9.86. The minimum absolute atomic E-state index is 0.208. The van der Waals surface area contributed by atoms with Crippen LogP contribution in [0, 0.1) is 10.8 Å². The monoisotopic (exact) mass is 605 g/mol. The van der Waals surface area contributed by atoms with Gasteiger partial charge < -0.3 is 5.73 Å². The summed E-state index contributed by atoms with van der Waals surface area (Å²) in [5.41, 5.74) is 15.4. The Labute approximate surface area is 273 Å². The summed E-state index contributed by atoms with van der Waals surface area (Å²) in [6.07, 6.45) is 10.5. The maximum atomic E-state index is 8.19. The molecule has 2 aromatic heterocycles. The Kier molecular flexibility index (Phi) is 8.02. The molecule has 47 heavy (non-hydrogen) atoms. The number of nitrogen functional groups attached to an aromatic ring is 1. The van der Waals surface area contributed by atoms with Gasteiger partial charge in [0.15, 0.2) is 0 Å². The summed E-state index contributed by atoms with van der Waals surface area (Å²) < 4.78 is 0. The third-order valence-corrected chi connectivity index (χ3v) is 8.32. The van der Waals surface area contributed by atoms with E-state index in [1.165, 1.54) is 38.2 Å². The Morgan fingerprint density at radius 2 is 0.851 bits per heavy atom. The van der Waals surface area contributed by atoms with E-state index in [2.05, 4.69) is 101 Å². The van der Waals surface area contributed by atoms with Crippen LogP contribution in [0.2, 0.25) is 0 Å². The van der Waals surface area contributed by atoms with Gasteiger partial charge in [0.2, 0.25) is 0 Å². The quantitative estimate of drug-likeness (QED) is 0.106. The van der Waals surface area contributed by atoms with E-state index in [1.54, 1.807) is 24.8 Å². The van der Waals surface area contributed by atoms with Gasteiger partial charge in [-0.2, -0.15) is 0 Å². The molecule has 0 spiro atoms. The number of hydrogen-bond donors (Lipinski definition) is 3. The minimum Gasteiger partial charge on any atom is -0.399 e. The molecule has 0 amide bonds. The van der Waals surface area contributed by atoms with Crippen LogP contribution in [0.15, 0.2) is 164 Å². The van der Waals surface area contributed by atoms with Gasteiger partial charge in [0.1, 0.15) is 0 Å². The molecular weight excluding hydrogens is 574 g/mol. The molecule has 0 saturated carbocycles. The van der Waals surface area contributed by atoms with Crippen molar-refractivity contribution in [1.82, 2.24) is 9.97 Å². The van der Waals surface area contributed by atoms with E-state index in [-0.39, 0.29) is 11.4 Å². The van der Waals surface area contributed by atoms with Gasteiger partial charge >= 0.3 is 0 Å². The van der Waals surface area contributed by atoms with Crippen molar-refractivity contribution in [1.29, 1.82) is 10.8 Å². The Bertz CT molecular complexity index is 2200. The van der Waals surface area contributed by atoms with Crippen LogP contribution < -0.4 is 5.73 Å². The van der Waals surface area contributed by atoms with Crippen LogP contribution in [0.4, 0.5) is 5.69 Å². The van der Waals surface area contributed by atoms with Crippen molar-refractivity contribution in [3.63, 3.8) is 0 Å². The highest BCUT2D eigenvalue weighted by Crippen LogP contribution is 2.43. The molecule has 224 valence electrons. The first-order chi connectivity index (χ1) is 23.1. The van der Waals surface area contributed by atoms with E-state index in [4.69, 9.17) is 16.6 Å². The standard InChI is InChI=1S/C26H19N.C16H12N4/c27-20-12-8-11-19(17-20)26-23-15-6-4-13-21(23)25(18-9-2-1-3-10-18)22-14-5-7-16-24(22)26;17-15-13(11-3-1-7-19-9-11)5-6-14(16(15)18)12-4-2-8-20-10-12/h1-17H,27H2;1-10,17-18H. The number of benzene rings is 5. The third-order valence-electron chi connectivity index (χ3n) is 8.32. The zero-order valence-corrected chi connectivity index (χ0v) is 25.6. The molecule has 0 aliphatic heterocycles. The fourth-order valence-electron chi connectivity index (χ4n) is 6.18. The molecule has 2 heterocycles. The highest BCUT2D eigenvalue weighted by atomic mass is 14.6. The van der Waals surface area contributed by atoms with E-state index < -0.39 is 0 Å². The summed E-state index contributed by atoms with van der Waals surface area (Å²) in [5, 5.41) is 21.4. The molecule has 0 fully saturated rings. The van der Waals surface area contributed by atoms with Gasteiger partial charge in [-0.15, -0.1) is 0 Å². The van der Waals surface area contributed by atoms with Crippen molar-refractivity contribution < 1.29 is 0 Å². The second kappa shape index (κ2) is 12.9. The second-order valence-corrected chi connectivity index (χ2v) is 11.2. The summed E-state index contributed by atoms with van der Waals surface area (Å²) in [5.74, 6) is 0. The topological polar surface area (TPSA) is 99.5 Å². The Hall–Kier alpha value is -6.46. The molecule has 0 bridgehead atoms. The maximum Gasteiger partial charge on any atom is 0.0874 e. The van der Waals surface area contributed by atoms with Crippen molar-refractivity contribution >= 4 is 49.8 Å². The highest BCUT2D eigenvalue weighted by molar-refractivity contribution is 6.68.